The van der Waals surface area contributed by atoms with Crippen LogP contribution in [0.4, 0.5) is 0 Å². The van der Waals surface area contributed by atoms with Crippen LogP contribution in [0.25, 0.3) is 0 Å². The summed E-state index contributed by atoms with van der Waals surface area (Å²) in [7, 11) is 0. The Balaban J connectivity index is 1.82. The van der Waals surface area contributed by atoms with Gasteiger partial charge in [0.05, 0.1) is 6.10 Å². The summed E-state index contributed by atoms with van der Waals surface area (Å²) in [6.45, 7) is 3.62. The van der Waals surface area contributed by atoms with Gasteiger partial charge in [0.1, 0.15) is 0 Å². The lowest BCUT2D eigenvalue weighted by atomic mass is 9.83. The number of β-amino-alcohol motifs (C(OH)–C–C–N with tert-alkyl or cyclic N) is 1. The molecule has 1 aromatic heterocycles. The zero-order chi connectivity index (χ0) is 13.4. The fourth-order valence-electron chi connectivity index (χ4n) is 3.52. The second-order valence-electron chi connectivity index (χ2n) is 5.81. The maximum Gasteiger partial charge on any atom is 0.250 e. The van der Waals surface area contributed by atoms with Crippen molar-refractivity contribution in [1.82, 2.24) is 9.47 Å². The maximum atomic E-state index is 11.9. The average Bonchev–Trinajstić information content (AvgIpc) is 2.40. The minimum absolute atomic E-state index is 0.114. The van der Waals surface area contributed by atoms with E-state index in [0.29, 0.717) is 24.9 Å². The first-order valence-electron chi connectivity index (χ1n) is 6.97. The molecule has 104 valence electrons. The van der Waals surface area contributed by atoms with E-state index in [1.54, 1.807) is 6.07 Å². The Hall–Kier alpha value is -1.17. The largest absolute Gasteiger partial charge is 0.390 e. The van der Waals surface area contributed by atoms with Crippen LogP contribution in [0.15, 0.2) is 23.0 Å². The van der Waals surface area contributed by atoms with E-state index in [1.165, 1.54) is 0 Å². The molecule has 1 fully saturated rings. The van der Waals surface area contributed by atoms with Gasteiger partial charge in [0.15, 0.2) is 0 Å². The molecule has 0 radical (unpaired) electrons. The number of piperidine rings is 1. The van der Waals surface area contributed by atoms with Crippen molar-refractivity contribution in [3.05, 3.63) is 34.2 Å². The van der Waals surface area contributed by atoms with E-state index in [0.717, 1.165) is 31.7 Å². The minimum Gasteiger partial charge on any atom is -0.390 e. The van der Waals surface area contributed by atoms with Crippen molar-refractivity contribution in [2.24, 2.45) is 11.7 Å². The van der Waals surface area contributed by atoms with E-state index in [9.17, 15) is 9.90 Å². The third kappa shape index (κ3) is 2.45. The lowest BCUT2D eigenvalue weighted by Crippen LogP contribution is -2.49. The Morgan fingerprint density at radius 1 is 1.37 bits per heavy atom. The van der Waals surface area contributed by atoms with Gasteiger partial charge in [0.2, 0.25) is 0 Å². The molecular formula is C14H21N3O2. The monoisotopic (exact) mass is 263 g/mol. The van der Waals surface area contributed by atoms with Gasteiger partial charge >= 0.3 is 0 Å². The first-order chi connectivity index (χ1) is 9.17. The lowest BCUT2D eigenvalue weighted by molar-refractivity contribution is 0.0659. The molecular weight excluding hydrogens is 242 g/mol. The van der Waals surface area contributed by atoms with E-state index in [1.807, 2.05) is 10.6 Å². The topological polar surface area (TPSA) is 71.5 Å². The molecule has 0 aliphatic carbocycles. The molecule has 2 bridgehead atoms. The zero-order valence-electron chi connectivity index (χ0n) is 11.0. The molecule has 3 N–H and O–H groups in total. The molecule has 1 aromatic rings. The van der Waals surface area contributed by atoms with Crippen molar-refractivity contribution in [3.8, 4) is 0 Å². The van der Waals surface area contributed by atoms with Gasteiger partial charge in [-0.15, -0.1) is 0 Å². The molecule has 2 aliphatic heterocycles. The molecule has 0 unspecified atom stereocenters. The van der Waals surface area contributed by atoms with Gasteiger partial charge in [0, 0.05) is 50.4 Å². The fourth-order valence-corrected chi connectivity index (χ4v) is 3.52. The number of aromatic nitrogens is 1. The van der Waals surface area contributed by atoms with E-state index in [4.69, 9.17) is 5.73 Å². The maximum absolute atomic E-state index is 11.9. The summed E-state index contributed by atoms with van der Waals surface area (Å²) in [5.74, 6) is 0.919. The van der Waals surface area contributed by atoms with Gasteiger partial charge in [-0.2, -0.15) is 0 Å². The highest BCUT2D eigenvalue weighted by molar-refractivity contribution is 5.16. The van der Waals surface area contributed by atoms with Crippen LogP contribution in [-0.4, -0.2) is 46.9 Å². The van der Waals surface area contributed by atoms with Crippen molar-refractivity contribution in [1.29, 1.82) is 0 Å². The number of nitrogens with two attached hydrogens (primary N) is 1. The van der Waals surface area contributed by atoms with Crippen molar-refractivity contribution >= 4 is 0 Å². The number of hydrogen-bond acceptors (Lipinski definition) is 4. The van der Waals surface area contributed by atoms with Crippen LogP contribution in [0.2, 0.25) is 0 Å². The minimum atomic E-state index is -0.447. The molecule has 2 aliphatic rings. The zero-order valence-corrected chi connectivity index (χ0v) is 11.0. The second kappa shape index (κ2) is 5.07. The Morgan fingerprint density at radius 3 is 3.00 bits per heavy atom. The van der Waals surface area contributed by atoms with Crippen molar-refractivity contribution < 1.29 is 5.11 Å². The van der Waals surface area contributed by atoms with Crippen molar-refractivity contribution in [2.45, 2.75) is 25.0 Å². The van der Waals surface area contributed by atoms with E-state index in [2.05, 4.69) is 11.0 Å². The molecule has 0 spiro atoms. The van der Waals surface area contributed by atoms with Gasteiger partial charge in [-0.05, 0) is 18.4 Å². The van der Waals surface area contributed by atoms with Crippen LogP contribution in [0.1, 0.15) is 18.0 Å². The fraction of sp³-hybridized carbons (Fsp3) is 0.643. The summed E-state index contributed by atoms with van der Waals surface area (Å²) in [5.41, 5.74) is 6.74. The van der Waals surface area contributed by atoms with Crippen LogP contribution < -0.4 is 11.3 Å². The predicted octanol–water partition coefficient (Wildman–Crippen LogP) is -0.413. The van der Waals surface area contributed by atoms with E-state index >= 15 is 0 Å². The van der Waals surface area contributed by atoms with Crippen LogP contribution in [0.5, 0.6) is 0 Å². The molecule has 5 nitrogen and oxygen atoms in total. The molecule has 0 amide bonds. The highest BCUT2D eigenvalue weighted by Gasteiger charge is 2.34. The number of pyridine rings is 1. The standard InChI is InChI=1S/C14H21N3O2/c15-5-12(18)9-16-6-10-4-11(8-16)13-2-1-3-14(19)17(13)7-10/h1-3,10-12,18H,4-9,15H2/t10-,11-,12-/m1/s1. The number of aliphatic hydroxyl groups is 1. The van der Waals surface area contributed by atoms with Crippen molar-refractivity contribution in [3.63, 3.8) is 0 Å². The Bertz CT molecular complexity index is 514. The normalized spacial score (nSPS) is 27.9. The van der Waals surface area contributed by atoms with Gasteiger partial charge in [-0.25, -0.2) is 0 Å². The molecule has 19 heavy (non-hydrogen) atoms. The summed E-state index contributed by atoms with van der Waals surface area (Å²) >= 11 is 0. The quantitative estimate of drug-likeness (QED) is 0.777. The van der Waals surface area contributed by atoms with Crippen molar-refractivity contribution in [2.75, 3.05) is 26.2 Å². The molecule has 1 saturated heterocycles. The van der Waals surface area contributed by atoms with Crippen LogP contribution in [0, 0.1) is 5.92 Å². The number of likely N-dealkylation sites (tertiary alicyclic amines) is 1. The third-order valence-electron chi connectivity index (χ3n) is 4.30. The smallest absolute Gasteiger partial charge is 0.250 e. The summed E-state index contributed by atoms with van der Waals surface area (Å²) in [6, 6.07) is 5.55. The van der Waals surface area contributed by atoms with E-state index < -0.39 is 6.10 Å². The number of fused-ring (bicyclic) bond motifs is 4. The number of nitrogens with zero attached hydrogens (tertiary/aromatic N) is 2. The van der Waals surface area contributed by atoms with Gasteiger partial charge in [-0.1, -0.05) is 6.07 Å². The van der Waals surface area contributed by atoms with Crippen LogP contribution in [0.3, 0.4) is 0 Å². The van der Waals surface area contributed by atoms with Crippen LogP contribution in [-0.2, 0) is 6.54 Å². The molecule has 3 atom stereocenters. The predicted molar refractivity (Wildman–Crippen MR) is 73.1 cm³/mol. The summed E-state index contributed by atoms with van der Waals surface area (Å²) < 4.78 is 1.93. The highest BCUT2D eigenvalue weighted by Crippen LogP contribution is 2.34. The third-order valence-corrected chi connectivity index (χ3v) is 4.30. The number of hydrogen-bond donors (Lipinski definition) is 2. The Kier molecular flexibility index (Phi) is 3.43. The lowest BCUT2D eigenvalue weighted by Gasteiger charge is -2.43. The second-order valence-corrected chi connectivity index (χ2v) is 5.81. The van der Waals surface area contributed by atoms with Gasteiger partial charge in [0.25, 0.3) is 5.56 Å². The van der Waals surface area contributed by atoms with E-state index in [-0.39, 0.29) is 5.56 Å². The first-order valence-corrected chi connectivity index (χ1v) is 6.97. The summed E-state index contributed by atoms with van der Waals surface area (Å²) in [4.78, 5) is 14.2. The SMILES string of the molecule is NC[C@@H](O)CN1C[C@H]2C[C@H](C1)c1cccc(=O)n1C2. The van der Waals surface area contributed by atoms with Gasteiger partial charge in [-0.3, -0.25) is 9.69 Å². The van der Waals surface area contributed by atoms with Crippen LogP contribution >= 0.6 is 0 Å². The summed E-state index contributed by atoms with van der Waals surface area (Å²) in [5, 5.41) is 9.69. The Labute approximate surface area is 112 Å². The number of rotatable bonds is 3. The molecule has 3 rings (SSSR count). The molecule has 0 saturated carbocycles. The number of aliphatic hydroxyl groups excluding tert-OH is 1. The highest BCUT2D eigenvalue weighted by atomic mass is 16.3. The van der Waals surface area contributed by atoms with Gasteiger partial charge < -0.3 is 15.4 Å². The molecule has 0 aromatic carbocycles. The molecule has 5 heteroatoms. The first kappa shape index (κ1) is 12.8. The average molecular weight is 263 g/mol. The molecule has 3 heterocycles. The summed E-state index contributed by atoms with van der Waals surface area (Å²) in [6.07, 6.45) is 0.704. The Morgan fingerprint density at radius 2 is 2.21 bits per heavy atom.